The third-order valence-corrected chi connectivity index (χ3v) is 2.44. The zero-order valence-electron chi connectivity index (χ0n) is 9.37. The molecule has 4 nitrogen and oxygen atoms in total. The Labute approximate surface area is 113 Å². The van der Waals surface area contributed by atoms with Gasteiger partial charge in [-0.3, -0.25) is 4.79 Å². The van der Waals surface area contributed by atoms with Gasteiger partial charge in [0.15, 0.2) is 0 Å². The zero-order valence-corrected chi connectivity index (χ0v) is 10.9. The quantitative estimate of drug-likeness (QED) is 0.857. The van der Waals surface area contributed by atoms with Crippen molar-refractivity contribution < 1.29 is 13.9 Å². The molecule has 1 heterocycles. The number of nitrogens with one attached hydrogen (secondary N) is 1. The van der Waals surface area contributed by atoms with Gasteiger partial charge < -0.3 is 14.5 Å². The Morgan fingerprint density at radius 2 is 1.94 bits per heavy atom. The Morgan fingerprint density at radius 3 is 2.56 bits per heavy atom. The molecule has 0 fully saturated rings. The number of halogens is 2. The number of benzene rings is 1. The van der Waals surface area contributed by atoms with Crippen molar-refractivity contribution in [1.82, 2.24) is 0 Å². The third-order valence-electron chi connectivity index (χ3n) is 2.01. The maximum atomic E-state index is 10.9. The average Bonchev–Trinajstić information content (AvgIpc) is 2.63. The van der Waals surface area contributed by atoms with Crippen LogP contribution in [0.15, 0.2) is 34.9 Å². The van der Waals surface area contributed by atoms with Crippen LogP contribution < -0.4 is 10.1 Å². The molecule has 0 atom stereocenters. The first kappa shape index (κ1) is 12.8. The topological polar surface area (TPSA) is 51.5 Å². The van der Waals surface area contributed by atoms with Crippen molar-refractivity contribution in [1.29, 1.82) is 0 Å². The minimum absolute atomic E-state index is 0.0959. The van der Waals surface area contributed by atoms with E-state index in [1.54, 1.807) is 24.3 Å². The molecule has 0 amide bonds. The monoisotopic (exact) mass is 285 g/mol. The van der Waals surface area contributed by atoms with Gasteiger partial charge in [0.1, 0.15) is 5.69 Å². The van der Waals surface area contributed by atoms with Crippen LogP contribution in [0.3, 0.4) is 0 Å². The summed E-state index contributed by atoms with van der Waals surface area (Å²) >= 11 is 11.8. The van der Waals surface area contributed by atoms with E-state index >= 15 is 0 Å². The molecular formula is C12H9Cl2NO3. The summed E-state index contributed by atoms with van der Waals surface area (Å²) in [4.78, 5) is 10.9. The highest BCUT2D eigenvalue weighted by Crippen LogP contribution is 2.31. The molecule has 18 heavy (non-hydrogen) atoms. The van der Waals surface area contributed by atoms with Crippen LogP contribution in [0.2, 0.25) is 10.0 Å². The summed E-state index contributed by atoms with van der Waals surface area (Å²) in [6.45, 7) is 1.29. The molecule has 0 saturated carbocycles. The molecule has 0 saturated heterocycles. The van der Waals surface area contributed by atoms with Gasteiger partial charge in [-0.05, 0) is 18.2 Å². The van der Waals surface area contributed by atoms with E-state index in [0.717, 1.165) is 0 Å². The standard InChI is InChI=1S/C12H9Cl2NO3/c1-7(16)18-12-11(2-3-17-12)15-10-5-8(13)4-9(14)6-10/h2-6,15H,1H3. The van der Waals surface area contributed by atoms with Gasteiger partial charge in [-0.15, -0.1) is 0 Å². The number of ether oxygens (including phenoxy) is 1. The second-order valence-corrected chi connectivity index (χ2v) is 4.37. The summed E-state index contributed by atoms with van der Waals surface area (Å²) < 4.78 is 9.92. The number of hydrogen-bond acceptors (Lipinski definition) is 4. The van der Waals surface area contributed by atoms with Gasteiger partial charge in [-0.1, -0.05) is 23.2 Å². The summed E-state index contributed by atoms with van der Waals surface area (Å²) in [5, 5.41) is 4.00. The predicted molar refractivity (Wildman–Crippen MR) is 69.8 cm³/mol. The number of carbonyl (C=O) groups is 1. The molecule has 2 rings (SSSR count). The van der Waals surface area contributed by atoms with Gasteiger partial charge in [0.05, 0.1) is 6.26 Å². The van der Waals surface area contributed by atoms with Crippen molar-refractivity contribution in [2.75, 3.05) is 5.32 Å². The van der Waals surface area contributed by atoms with Crippen LogP contribution in [0.4, 0.5) is 11.4 Å². The zero-order chi connectivity index (χ0) is 13.1. The Kier molecular flexibility index (Phi) is 3.79. The fourth-order valence-electron chi connectivity index (χ4n) is 1.38. The molecule has 0 bridgehead atoms. The van der Waals surface area contributed by atoms with Gasteiger partial charge in [-0.25, -0.2) is 0 Å². The van der Waals surface area contributed by atoms with Crippen LogP contribution in [0, 0.1) is 0 Å². The molecular weight excluding hydrogens is 277 g/mol. The van der Waals surface area contributed by atoms with Gasteiger partial charge in [0.2, 0.25) is 0 Å². The Bertz CT molecular complexity index is 560. The lowest BCUT2D eigenvalue weighted by atomic mass is 10.3. The lowest BCUT2D eigenvalue weighted by Gasteiger charge is -2.06. The lowest BCUT2D eigenvalue weighted by Crippen LogP contribution is -2.02. The summed E-state index contributed by atoms with van der Waals surface area (Å²) in [5.41, 5.74) is 1.19. The van der Waals surface area contributed by atoms with Gasteiger partial charge >= 0.3 is 11.9 Å². The van der Waals surface area contributed by atoms with Crippen LogP contribution in [-0.2, 0) is 4.79 Å². The predicted octanol–water partition coefficient (Wildman–Crippen LogP) is 4.26. The van der Waals surface area contributed by atoms with Gasteiger partial charge in [0.25, 0.3) is 0 Å². The molecule has 6 heteroatoms. The second kappa shape index (κ2) is 5.33. The van der Waals surface area contributed by atoms with Crippen LogP contribution in [0.1, 0.15) is 6.92 Å². The van der Waals surface area contributed by atoms with E-state index in [4.69, 9.17) is 32.4 Å². The van der Waals surface area contributed by atoms with E-state index in [-0.39, 0.29) is 5.95 Å². The molecule has 0 aliphatic carbocycles. The van der Waals surface area contributed by atoms with E-state index in [2.05, 4.69) is 5.32 Å². The minimum Gasteiger partial charge on any atom is -0.432 e. The number of esters is 1. The molecule has 0 radical (unpaired) electrons. The van der Waals surface area contributed by atoms with E-state index in [1.807, 2.05) is 0 Å². The maximum absolute atomic E-state index is 10.9. The van der Waals surface area contributed by atoms with E-state index < -0.39 is 5.97 Å². The minimum atomic E-state index is -0.461. The molecule has 2 aromatic rings. The molecule has 1 aromatic carbocycles. The Balaban J connectivity index is 2.23. The van der Waals surface area contributed by atoms with E-state index in [9.17, 15) is 4.79 Å². The normalized spacial score (nSPS) is 10.2. The van der Waals surface area contributed by atoms with Gasteiger partial charge in [0, 0.05) is 28.7 Å². The first-order valence-corrected chi connectivity index (χ1v) is 5.79. The summed E-state index contributed by atoms with van der Waals surface area (Å²) in [6, 6.07) is 6.64. The van der Waals surface area contributed by atoms with Crippen LogP contribution in [0.5, 0.6) is 5.95 Å². The van der Waals surface area contributed by atoms with Gasteiger partial charge in [-0.2, -0.15) is 0 Å². The van der Waals surface area contributed by atoms with E-state index in [1.165, 1.54) is 13.2 Å². The van der Waals surface area contributed by atoms with Crippen molar-refractivity contribution >= 4 is 40.5 Å². The summed E-state index contributed by atoms with van der Waals surface area (Å²) in [6.07, 6.45) is 1.41. The fraction of sp³-hybridized carbons (Fsp3) is 0.0833. The van der Waals surface area contributed by atoms with E-state index in [0.29, 0.717) is 21.4 Å². The lowest BCUT2D eigenvalue weighted by molar-refractivity contribution is -0.133. The number of hydrogen-bond donors (Lipinski definition) is 1. The van der Waals surface area contributed by atoms with Crippen molar-refractivity contribution in [3.05, 3.63) is 40.6 Å². The molecule has 1 aromatic heterocycles. The molecule has 0 aliphatic rings. The van der Waals surface area contributed by atoms with Crippen molar-refractivity contribution in [3.8, 4) is 5.95 Å². The van der Waals surface area contributed by atoms with Crippen LogP contribution in [0.25, 0.3) is 0 Å². The highest BCUT2D eigenvalue weighted by Gasteiger charge is 2.10. The third kappa shape index (κ3) is 3.18. The Hall–Kier alpha value is -1.65. The summed E-state index contributed by atoms with van der Waals surface area (Å²) in [7, 11) is 0. The highest BCUT2D eigenvalue weighted by molar-refractivity contribution is 6.35. The molecule has 1 N–H and O–H groups in total. The van der Waals surface area contributed by atoms with Crippen LogP contribution in [-0.4, -0.2) is 5.97 Å². The second-order valence-electron chi connectivity index (χ2n) is 3.50. The first-order valence-electron chi connectivity index (χ1n) is 5.03. The smallest absolute Gasteiger partial charge is 0.316 e. The number of furan rings is 1. The Morgan fingerprint density at radius 1 is 1.28 bits per heavy atom. The SMILES string of the molecule is CC(=O)Oc1occc1Nc1cc(Cl)cc(Cl)c1. The average molecular weight is 286 g/mol. The molecule has 94 valence electrons. The largest absolute Gasteiger partial charge is 0.432 e. The van der Waals surface area contributed by atoms with Crippen molar-refractivity contribution in [3.63, 3.8) is 0 Å². The van der Waals surface area contributed by atoms with Crippen LogP contribution >= 0.6 is 23.2 Å². The molecule has 0 unspecified atom stereocenters. The maximum Gasteiger partial charge on any atom is 0.316 e. The fourth-order valence-corrected chi connectivity index (χ4v) is 1.91. The highest BCUT2D eigenvalue weighted by atomic mass is 35.5. The number of carbonyl (C=O) groups excluding carboxylic acids is 1. The number of rotatable bonds is 3. The summed E-state index contributed by atoms with van der Waals surface area (Å²) in [5.74, 6) is -0.365. The first-order chi connectivity index (χ1) is 8.54. The number of anilines is 2. The molecule has 0 spiro atoms. The van der Waals surface area contributed by atoms with Crippen molar-refractivity contribution in [2.24, 2.45) is 0 Å². The molecule has 0 aliphatic heterocycles. The van der Waals surface area contributed by atoms with Crippen molar-refractivity contribution in [2.45, 2.75) is 6.92 Å².